The summed E-state index contributed by atoms with van der Waals surface area (Å²) in [7, 11) is 1.61. The number of ether oxygens (including phenoxy) is 1. The highest BCUT2D eigenvalue weighted by atomic mass is 16.5. The van der Waals surface area contributed by atoms with Gasteiger partial charge in [0.2, 0.25) is 0 Å². The summed E-state index contributed by atoms with van der Waals surface area (Å²) in [6.07, 6.45) is 17.1. The van der Waals surface area contributed by atoms with E-state index >= 15 is 0 Å². The molecule has 272 valence electrons. The van der Waals surface area contributed by atoms with E-state index < -0.39 is 0 Å². The van der Waals surface area contributed by atoms with Crippen molar-refractivity contribution in [3.05, 3.63) is 58.7 Å². The van der Waals surface area contributed by atoms with Gasteiger partial charge < -0.3 is 4.74 Å². The maximum atomic E-state index is 12.8. The molecular formula is C51H56O2. The summed E-state index contributed by atoms with van der Waals surface area (Å²) in [5.74, 6) is 28.4. The van der Waals surface area contributed by atoms with Crippen molar-refractivity contribution in [3.8, 4) is 0 Å². The molecule has 0 amide bonds. The van der Waals surface area contributed by atoms with Gasteiger partial charge in [-0.2, -0.15) is 0 Å². The zero-order chi connectivity index (χ0) is 33.5. The molecule has 15 saturated carbocycles. The zero-order valence-electron chi connectivity index (χ0n) is 31.4. The Hall–Kier alpha value is -1.83. The first-order valence-corrected chi connectivity index (χ1v) is 23.7. The molecular weight excluding hydrogens is 645 g/mol. The van der Waals surface area contributed by atoms with Crippen molar-refractivity contribution < 1.29 is 9.53 Å². The van der Waals surface area contributed by atoms with E-state index in [1.54, 1.807) is 44.8 Å². The summed E-state index contributed by atoms with van der Waals surface area (Å²) >= 11 is 0. The van der Waals surface area contributed by atoms with Crippen molar-refractivity contribution in [2.75, 3.05) is 7.11 Å². The first-order valence-electron chi connectivity index (χ1n) is 23.7. The van der Waals surface area contributed by atoms with Crippen molar-refractivity contribution in [3.63, 3.8) is 0 Å². The smallest absolute Gasteiger partial charge is 0.305 e. The molecule has 0 aliphatic heterocycles. The van der Waals surface area contributed by atoms with E-state index in [-0.39, 0.29) is 11.4 Å². The molecule has 1 aromatic rings. The van der Waals surface area contributed by atoms with Crippen molar-refractivity contribution >= 4 is 5.97 Å². The summed E-state index contributed by atoms with van der Waals surface area (Å²) in [5.41, 5.74) is 8.81. The summed E-state index contributed by atoms with van der Waals surface area (Å²) in [6, 6.07) is 12.3. The lowest BCUT2D eigenvalue weighted by Crippen LogP contribution is -2.58. The summed E-state index contributed by atoms with van der Waals surface area (Å²) in [5, 5.41) is 0. The van der Waals surface area contributed by atoms with Gasteiger partial charge in [0.25, 0.3) is 0 Å². The summed E-state index contributed by atoms with van der Waals surface area (Å²) in [6.45, 7) is 0. The number of carbonyl (C=O) groups excluding carboxylic acids is 1. The van der Waals surface area contributed by atoms with Crippen LogP contribution < -0.4 is 0 Å². The molecule has 1 spiro atoms. The highest BCUT2D eigenvalue weighted by Crippen LogP contribution is 2.97. The molecule has 2 heteroatoms. The maximum absolute atomic E-state index is 12.8. The van der Waals surface area contributed by atoms with Crippen molar-refractivity contribution in [1.29, 1.82) is 0 Å². The van der Waals surface area contributed by atoms with Gasteiger partial charge in [0.1, 0.15) is 0 Å². The minimum atomic E-state index is 0.0134. The van der Waals surface area contributed by atoms with Gasteiger partial charge in [-0.25, -0.2) is 0 Å². The molecule has 0 bridgehead atoms. The number of rotatable bonds is 5. The standard InChI is InChI=1S/C51H56O2/c1-53-27(52)8-5-9-50(25-6-3-2-4-7-25)49-26-16-23-14-20-12-21-11-18-10-19-13-22-15-24-17-51(49,50)48-34(24)39-33(22)38-29(19)28(18)36-32(21)37-30(20)31(23)40-35(26)47(48)46-44(39)42(38)41(36)43(37)45(40)46/h2-4,6-7,15,18-21,23-24,26,28-33,35-38,40-49H,5,8-14,16-17H2,1H3. The monoisotopic (exact) mass is 700 g/mol. The van der Waals surface area contributed by atoms with E-state index in [0.29, 0.717) is 11.8 Å². The number of benzene rings is 1. The molecule has 0 heterocycles. The molecule has 15 fully saturated rings. The average Bonchev–Trinajstić information content (AvgIpc) is 3.86. The molecule has 29 unspecified atom stereocenters. The second-order valence-electron chi connectivity index (χ2n) is 24.3. The van der Waals surface area contributed by atoms with Crippen LogP contribution in [0.4, 0.5) is 0 Å². The van der Waals surface area contributed by atoms with Crippen LogP contribution in [0.2, 0.25) is 0 Å². The fraction of sp³-hybridized carbons (Fsp3) is 0.784. The highest BCUT2D eigenvalue weighted by molar-refractivity contribution is 5.69. The third-order valence-corrected chi connectivity index (χ3v) is 25.2. The van der Waals surface area contributed by atoms with Crippen LogP contribution in [0.3, 0.4) is 0 Å². The molecule has 53 heavy (non-hydrogen) atoms. The Bertz CT molecular complexity index is 2100. The summed E-state index contributed by atoms with van der Waals surface area (Å²) < 4.78 is 5.31. The second kappa shape index (κ2) is 8.00. The topological polar surface area (TPSA) is 26.3 Å². The summed E-state index contributed by atoms with van der Waals surface area (Å²) in [4.78, 5) is 12.8. The molecule has 29 atom stereocenters. The Morgan fingerprint density at radius 2 is 1.30 bits per heavy atom. The maximum Gasteiger partial charge on any atom is 0.305 e. The SMILES string of the molecule is COC(=O)CCCC1(c2ccccc2)C2C3CC4CC5CC6CC7CC8CC9=CC%10CC21C1C%10=C2C9C9C8C7C7C6C6C5C4C4C3C1C1C2C9C7C6C14. The van der Waals surface area contributed by atoms with E-state index in [0.717, 1.165) is 166 Å². The Kier molecular flexibility index (Phi) is 4.18. The van der Waals surface area contributed by atoms with Gasteiger partial charge in [-0.1, -0.05) is 53.1 Å². The minimum Gasteiger partial charge on any atom is -0.469 e. The van der Waals surface area contributed by atoms with Gasteiger partial charge in [-0.15, -0.1) is 0 Å². The van der Waals surface area contributed by atoms with Crippen LogP contribution in [-0.2, 0) is 14.9 Å². The number of carbonyl (C=O) groups is 1. The quantitative estimate of drug-likeness (QED) is 0.226. The largest absolute Gasteiger partial charge is 0.469 e. The molecule has 0 aromatic heterocycles. The van der Waals surface area contributed by atoms with E-state index in [2.05, 4.69) is 47.6 Å². The lowest BCUT2D eigenvalue weighted by molar-refractivity contribution is -0.140. The lowest BCUT2D eigenvalue weighted by Gasteiger charge is -2.61. The average molecular weight is 701 g/mol. The highest BCUT2D eigenvalue weighted by Gasteiger charge is 2.93. The van der Waals surface area contributed by atoms with Crippen LogP contribution in [0.5, 0.6) is 0 Å². The number of hydrogen-bond donors (Lipinski definition) is 0. The van der Waals surface area contributed by atoms with Gasteiger partial charge in [-0.05, 0) is 223 Å². The van der Waals surface area contributed by atoms with Crippen molar-refractivity contribution in [2.24, 2.45) is 165 Å². The first-order chi connectivity index (χ1) is 26.2. The fourth-order valence-corrected chi connectivity index (χ4v) is 26.7. The molecule has 18 rings (SSSR count). The van der Waals surface area contributed by atoms with Gasteiger partial charge in [0.05, 0.1) is 7.11 Å². The Morgan fingerprint density at radius 3 is 2.06 bits per heavy atom. The molecule has 17 aliphatic rings. The van der Waals surface area contributed by atoms with E-state index in [4.69, 9.17) is 4.74 Å². The Morgan fingerprint density at radius 1 is 0.679 bits per heavy atom. The molecule has 2 nitrogen and oxygen atoms in total. The second-order valence-corrected chi connectivity index (χ2v) is 24.3. The normalized spacial score (nSPS) is 70.1. The van der Waals surface area contributed by atoms with Crippen molar-refractivity contribution in [2.45, 2.75) is 69.6 Å². The number of methoxy groups -OCH3 is 1. The number of fused-ring (bicyclic) bond motifs is 1. The predicted octanol–water partition coefficient (Wildman–Crippen LogP) is 9.08. The van der Waals surface area contributed by atoms with Crippen LogP contribution in [-0.4, -0.2) is 13.1 Å². The molecule has 17 aliphatic carbocycles. The molecule has 0 saturated heterocycles. The van der Waals surface area contributed by atoms with E-state index in [1.807, 2.05) is 5.57 Å². The third-order valence-electron chi connectivity index (χ3n) is 25.2. The van der Waals surface area contributed by atoms with Gasteiger partial charge in [0, 0.05) is 17.8 Å². The predicted molar refractivity (Wildman–Crippen MR) is 198 cm³/mol. The Balaban J connectivity index is 0.950. The third kappa shape index (κ3) is 2.34. The van der Waals surface area contributed by atoms with Gasteiger partial charge in [0.15, 0.2) is 0 Å². The number of hydrogen-bond acceptors (Lipinski definition) is 2. The van der Waals surface area contributed by atoms with Crippen LogP contribution in [0.1, 0.15) is 69.8 Å². The zero-order valence-corrected chi connectivity index (χ0v) is 31.4. The fourth-order valence-electron chi connectivity index (χ4n) is 26.7. The van der Waals surface area contributed by atoms with Crippen LogP contribution in [0, 0.1) is 165 Å². The lowest BCUT2D eigenvalue weighted by atomic mass is 9.43. The molecule has 0 radical (unpaired) electrons. The number of esters is 1. The van der Waals surface area contributed by atoms with Gasteiger partial charge >= 0.3 is 5.97 Å². The minimum absolute atomic E-state index is 0.0134. The number of allylic oxidation sites excluding steroid dienone is 4. The van der Waals surface area contributed by atoms with E-state index in [9.17, 15) is 4.79 Å². The van der Waals surface area contributed by atoms with E-state index in [1.165, 1.54) is 19.3 Å². The van der Waals surface area contributed by atoms with Gasteiger partial charge in [-0.3, -0.25) is 4.79 Å². The van der Waals surface area contributed by atoms with Crippen LogP contribution in [0.25, 0.3) is 0 Å². The van der Waals surface area contributed by atoms with Crippen LogP contribution in [0.15, 0.2) is 53.1 Å². The molecule has 0 N–H and O–H groups in total. The van der Waals surface area contributed by atoms with Crippen molar-refractivity contribution in [1.82, 2.24) is 0 Å². The Labute approximate surface area is 315 Å². The molecule has 1 aromatic carbocycles. The van der Waals surface area contributed by atoms with Crippen LogP contribution >= 0.6 is 0 Å². The first kappa shape index (κ1) is 27.7.